The number of benzene rings is 2. The van der Waals surface area contributed by atoms with E-state index in [1.807, 2.05) is 0 Å². The summed E-state index contributed by atoms with van der Waals surface area (Å²) in [5.74, 6) is -2.13. The number of nitrogens with zero attached hydrogens (tertiary/aromatic N) is 1. The second-order valence-corrected chi connectivity index (χ2v) is 4.67. The number of rotatable bonds is 2. The van der Waals surface area contributed by atoms with Crippen LogP contribution in [-0.2, 0) is 4.74 Å². The standard InChI is InChI=1S/C16H10FNO4/c1-22-16(21)9-2-7-12-13(8-9)15(20)18(14(12)19)11-5-3-10(17)4-6-11/h2-8H,1H3. The molecule has 6 heteroatoms. The van der Waals surface area contributed by atoms with Crippen LogP contribution < -0.4 is 4.90 Å². The molecule has 2 amide bonds. The summed E-state index contributed by atoms with van der Waals surface area (Å²) < 4.78 is 17.6. The van der Waals surface area contributed by atoms with Crippen LogP contribution in [0.15, 0.2) is 42.5 Å². The quantitative estimate of drug-likeness (QED) is 0.631. The molecule has 0 aliphatic carbocycles. The first-order chi connectivity index (χ1) is 10.5. The molecule has 0 unspecified atom stereocenters. The van der Waals surface area contributed by atoms with Gasteiger partial charge in [-0.15, -0.1) is 0 Å². The van der Waals surface area contributed by atoms with Gasteiger partial charge in [0.2, 0.25) is 0 Å². The van der Waals surface area contributed by atoms with Crippen LogP contribution in [-0.4, -0.2) is 24.9 Å². The number of hydrogen-bond donors (Lipinski definition) is 0. The zero-order valence-corrected chi connectivity index (χ0v) is 11.5. The van der Waals surface area contributed by atoms with Crippen LogP contribution in [0.2, 0.25) is 0 Å². The Bertz CT molecular complexity index is 798. The van der Waals surface area contributed by atoms with Crippen molar-refractivity contribution in [2.75, 3.05) is 12.0 Å². The number of carbonyl (C=O) groups is 3. The third-order valence-corrected chi connectivity index (χ3v) is 3.39. The van der Waals surface area contributed by atoms with Gasteiger partial charge in [-0.05, 0) is 42.5 Å². The molecule has 22 heavy (non-hydrogen) atoms. The first-order valence-electron chi connectivity index (χ1n) is 6.39. The fraction of sp³-hybridized carbons (Fsp3) is 0.0625. The van der Waals surface area contributed by atoms with E-state index in [1.54, 1.807) is 0 Å². The van der Waals surface area contributed by atoms with Crippen LogP contribution in [0, 0.1) is 5.82 Å². The minimum atomic E-state index is -0.594. The second-order valence-electron chi connectivity index (χ2n) is 4.67. The van der Waals surface area contributed by atoms with Gasteiger partial charge in [0.05, 0.1) is 29.5 Å². The van der Waals surface area contributed by atoms with Gasteiger partial charge in [0.1, 0.15) is 5.82 Å². The summed E-state index contributed by atoms with van der Waals surface area (Å²) in [6, 6.07) is 9.17. The van der Waals surface area contributed by atoms with Crippen LogP contribution in [0.4, 0.5) is 10.1 Å². The van der Waals surface area contributed by atoms with Crippen molar-refractivity contribution in [3.8, 4) is 0 Å². The lowest BCUT2D eigenvalue weighted by molar-refractivity contribution is 0.0600. The van der Waals surface area contributed by atoms with E-state index in [0.717, 1.165) is 4.90 Å². The molecule has 0 N–H and O–H groups in total. The van der Waals surface area contributed by atoms with Crippen molar-refractivity contribution in [2.24, 2.45) is 0 Å². The van der Waals surface area contributed by atoms with Crippen molar-refractivity contribution in [3.05, 3.63) is 65.0 Å². The van der Waals surface area contributed by atoms with Crippen LogP contribution in [0.5, 0.6) is 0 Å². The topological polar surface area (TPSA) is 63.7 Å². The minimum Gasteiger partial charge on any atom is -0.465 e. The zero-order chi connectivity index (χ0) is 15.9. The Kier molecular flexibility index (Phi) is 3.21. The third-order valence-electron chi connectivity index (χ3n) is 3.39. The lowest BCUT2D eigenvalue weighted by Gasteiger charge is -2.13. The third kappa shape index (κ3) is 2.05. The smallest absolute Gasteiger partial charge is 0.337 e. The summed E-state index contributed by atoms with van der Waals surface area (Å²) in [5, 5.41) is 0. The van der Waals surface area contributed by atoms with Gasteiger partial charge in [0.25, 0.3) is 11.8 Å². The average molecular weight is 299 g/mol. The molecule has 5 nitrogen and oxygen atoms in total. The summed E-state index contributed by atoms with van der Waals surface area (Å²) in [6.45, 7) is 0. The molecule has 0 saturated heterocycles. The molecule has 0 aromatic heterocycles. The van der Waals surface area contributed by atoms with Crippen molar-refractivity contribution in [1.82, 2.24) is 0 Å². The highest BCUT2D eigenvalue weighted by atomic mass is 19.1. The summed E-state index contributed by atoms with van der Waals surface area (Å²) in [4.78, 5) is 37.2. The predicted octanol–water partition coefficient (Wildman–Crippen LogP) is 2.41. The summed E-state index contributed by atoms with van der Waals surface area (Å²) in [7, 11) is 1.23. The average Bonchev–Trinajstić information content (AvgIpc) is 2.79. The lowest BCUT2D eigenvalue weighted by Crippen LogP contribution is -2.29. The molecule has 0 fully saturated rings. The van der Waals surface area contributed by atoms with E-state index in [1.165, 1.54) is 49.6 Å². The molecular formula is C16H10FNO4. The Morgan fingerprint density at radius 3 is 2.27 bits per heavy atom. The molecule has 0 saturated carbocycles. The Morgan fingerprint density at radius 2 is 1.64 bits per heavy atom. The van der Waals surface area contributed by atoms with E-state index in [2.05, 4.69) is 4.74 Å². The van der Waals surface area contributed by atoms with Gasteiger partial charge in [-0.1, -0.05) is 0 Å². The molecule has 0 bridgehead atoms. The first-order valence-corrected chi connectivity index (χ1v) is 6.39. The Hall–Kier alpha value is -3.02. The maximum absolute atomic E-state index is 13.0. The van der Waals surface area contributed by atoms with Crippen LogP contribution in [0.3, 0.4) is 0 Å². The van der Waals surface area contributed by atoms with E-state index < -0.39 is 23.6 Å². The molecule has 110 valence electrons. The van der Waals surface area contributed by atoms with E-state index in [0.29, 0.717) is 0 Å². The monoisotopic (exact) mass is 299 g/mol. The summed E-state index contributed by atoms with van der Waals surface area (Å²) in [6.07, 6.45) is 0. The van der Waals surface area contributed by atoms with Gasteiger partial charge < -0.3 is 4.74 Å². The van der Waals surface area contributed by atoms with Crippen molar-refractivity contribution < 1.29 is 23.5 Å². The van der Waals surface area contributed by atoms with Crippen LogP contribution in [0.25, 0.3) is 0 Å². The molecule has 1 aliphatic heterocycles. The van der Waals surface area contributed by atoms with Crippen molar-refractivity contribution in [3.63, 3.8) is 0 Å². The lowest BCUT2D eigenvalue weighted by atomic mass is 10.1. The SMILES string of the molecule is COC(=O)c1ccc2c(c1)C(=O)N(c1ccc(F)cc1)C2=O. The normalized spacial score (nSPS) is 13.3. The van der Waals surface area contributed by atoms with Crippen LogP contribution in [0.1, 0.15) is 31.1 Å². The van der Waals surface area contributed by atoms with E-state index in [9.17, 15) is 18.8 Å². The Labute approximate surface area is 124 Å². The molecule has 2 aromatic rings. The van der Waals surface area contributed by atoms with Gasteiger partial charge >= 0.3 is 5.97 Å². The Balaban J connectivity index is 2.05. The fourth-order valence-electron chi connectivity index (χ4n) is 2.31. The maximum atomic E-state index is 13.0. The number of amides is 2. The molecule has 1 aliphatic rings. The number of esters is 1. The predicted molar refractivity (Wildman–Crippen MR) is 75.3 cm³/mol. The van der Waals surface area contributed by atoms with Crippen molar-refractivity contribution >= 4 is 23.5 Å². The van der Waals surface area contributed by atoms with E-state index >= 15 is 0 Å². The van der Waals surface area contributed by atoms with E-state index in [4.69, 9.17) is 0 Å². The van der Waals surface area contributed by atoms with Gasteiger partial charge in [0, 0.05) is 0 Å². The van der Waals surface area contributed by atoms with Gasteiger partial charge in [-0.25, -0.2) is 14.1 Å². The first kappa shape index (κ1) is 13.9. The number of carbonyl (C=O) groups excluding carboxylic acids is 3. The number of imide groups is 1. The number of ether oxygens (including phenoxy) is 1. The number of halogens is 1. The molecule has 0 atom stereocenters. The zero-order valence-electron chi connectivity index (χ0n) is 11.5. The number of fused-ring (bicyclic) bond motifs is 1. The second kappa shape index (κ2) is 5.07. The molecule has 0 spiro atoms. The fourth-order valence-corrected chi connectivity index (χ4v) is 2.31. The summed E-state index contributed by atoms with van der Waals surface area (Å²) in [5.41, 5.74) is 0.773. The molecule has 2 aromatic carbocycles. The van der Waals surface area contributed by atoms with Crippen molar-refractivity contribution in [1.29, 1.82) is 0 Å². The van der Waals surface area contributed by atoms with Gasteiger partial charge in [-0.3, -0.25) is 9.59 Å². The van der Waals surface area contributed by atoms with Crippen LogP contribution >= 0.6 is 0 Å². The molecule has 1 heterocycles. The maximum Gasteiger partial charge on any atom is 0.337 e. The van der Waals surface area contributed by atoms with Gasteiger partial charge in [-0.2, -0.15) is 0 Å². The molecular weight excluding hydrogens is 289 g/mol. The molecule has 0 radical (unpaired) electrons. The van der Waals surface area contributed by atoms with E-state index in [-0.39, 0.29) is 22.4 Å². The highest BCUT2D eigenvalue weighted by molar-refractivity contribution is 6.34. The number of anilines is 1. The number of hydrogen-bond acceptors (Lipinski definition) is 4. The van der Waals surface area contributed by atoms with Crippen molar-refractivity contribution in [2.45, 2.75) is 0 Å². The minimum absolute atomic E-state index is 0.122. The summed E-state index contributed by atoms with van der Waals surface area (Å²) >= 11 is 0. The Morgan fingerprint density at radius 1 is 1.00 bits per heavy atom. The highest BCUT2D eigenvalue weighted by Gasteiger charge is 2.37. The molecule has 3 rings (SSSR count). The highest BCUT2D eigenvalue weighted by Crippen LogP contribution is 2.29. The number of methoxy groups -OCH3 is 1. The largest absolute Gasteiger partial charge is 0.465 e. The van der Waals surface area contributed by atoms with Gasteiger partial charge in [0.15, 0.2) is 0 Å².